The van der Waals surface area contributed by atoms with Crippen LogP contribution in [0.5, 0.6) is 0 Å². The lowest BCUT2D eigenvalue weighted by Crippen LogP contribution is -2.38. The number of halogens is 1. The van der Waals surface area contributed by atoms with Crippen molar-refractivity contribution in [2.45, 2.75) is 25.5 Å². The van der Waals surface area contributed by atoms with Crippen LogP contribution >= 0.6 is 0 Å². The molecule has 1 unspecified atom stereocenters. The van der Waals surface area contributed by atoms with Gasteiger partial charge in [-0.25, -0.2) is 14.1 Å². The quantitative estimate of drug-likeness (QED) is 0.796. The second kappa shape index (κ2) is 5.52. The van der Waals surface area contributed by atoms with Crippen LogP contribution in [0.15, 0.2) is 36.7 Å². The first-order valence-electron chi connectivity index (χ1n) is 7.91. The minimum Gasteiger partial charge on any atom is -0.386 e. The van der Waals surface area contributed by atoms with Gasteiger partial charge in [0.2, 0.25) is 0 Å². The molecule has 7 heteroatoms. The highest BCUT2D eigenvalue weighted by molar-refractivity contribution is 5.92. The lowest BCUT2D eigenvalue weighted by Gasteiger charge is -2.25. The van der Waals surface area contributed by atoms with Crippen LogP contribution in [0.2, 0.25) is 0 Å². The van der Waals surface area contributed by atoms with Gasteiger partial charge in [0.1, 0.15) is 16.9 Å². The molecule has 0 radical (unpaired) electrons. The van der Waals surface area contributed by atoms with Gasteiger partial charge < -0.3 is 10.0 Å². The molecule has 1 aliphatic rings. The third-order valence-corrected chi connectivity index (χ3v) is 4.50. The van der Waals surface area contributed by atoms with Gasteiger partial charge in [-0.1, -0.05) is 17.3 Å². The number of aliphatic hydroxyl groups is 1. The Hall–Kier alpha value is -2.54. The molecule has 1 aliphatic heterocycles. The molecular weight excluding hydrogens is 309 g/mol. The summed E-state index contributed by atoms with van der Waals surface area (Å²) in [7, 11) is 0. The fourth-order valence-electron chi connectivity index (χ4n) is 3.39. The zero-order chi connectivity index (χ0) is 16.7. The van der Waals surface area contributed by atoms with Crippen molar-refractivity contribution in [2.24, 2.45) is 0 Å². The predicted octanol–water partition coefficient (Wildman–Crippen LogP) is 1.92. The van der Waals surface area contributed by atoms with E-state index in [-0.39, 0.29) is 5.82 Å². The molecular formula is C17H18FN5O. The van der Waals surface area contributed by atoms with Gasteiger partial charge in [-0.15, -0.1) is 5.10 Å². The molecule has 0 spiro atoms. The van der Waals surface area contributed by atoms with Gasteiger partial charge >= 0.3 is 0 Å². The fourth-order valence-corrected chi connectivity index (χ4v) is 3.39. The first-order valence-corrected chi connectivity index (χ1v) is 7.91. The molecule has 1 fully saturated rings. The Kier molecular flexibility index (Phi) is 3.45. The SMILES string of the molecule is Cc1cc(N2CCC(O)(Cn3ccnn3)C2)c2cccc(F)c2n1. The number of aromatic nitrogens is 4. The van der Waals surface area contributed by atoms with Gasteiger partial charge in [0, 0.05) is 36.1 Å². The van der Waals surface area contributed by atoms with Crippen LogP contribution in [0, 0.1) is 12.7 Å². The van der Waals surface area contributed by atoms with Gasteiger partial charge in [0.25, 0.3) is 0 Å². The van der Waals surface area contributed by atoms with Gasteiger partial charge in [-0.2, -0.15) is 0 Å². The predicted molar refractivity (Wildman–Crippen MR) is 88.2 cm³/mol. The Morgan fingerprint density at radius 3 is 3.04 bits per heavy atom. The van der Waals surface area contributed by atoms with Gasteiger partial charge in [-0.05, 0) is 25.5 Å². The maximum Gasteiger partial charge on any atom is 0.149 e. The van der Waals surface area contributed by atoms with E-state index in [1.807, 2.05) is 19.1 Å². The van der Waals surface area contributed by atoms with E-state index in [1.165, 1.54) is 6.07 Å². The van der Waals surface area contributed by atoms with Crippen molar-refractivity contribution in [3.05, 3.63) is 48.2 Å². The Morgan fingerprint density at radius 2 is 2.25 bits per heavy atom. The lowest BCUT2D eigenvalue weighted by molar-refractivity contribution is 0.0409. The summed E-state index contributed by atoms with van der Waals surface area (Å²) in [6, 6.07) is 6.93. The number of aryl methyl sites for hydroxylation is 1. The number of fused-ring (bicyclic) bond motifs is 1. The number of rotatable bonds is 3. The number of nitrogens with zero attached hydrogens (tertiary/aromatic N) is 5. The van der Waals surface area contributed by atoms with E-state index in [0.717, 1.165) is 16.8 Å². The molecule has 3 aromatic rings. The molecule has 1 aromatic carbocycles. The number of anilines is 1. The second-order valence-electron chi connectivity index (χ2n) is 6.42. The summed E-state index contributed by atoms with van der Waals surface area (Å²) in [6.07, 6.45) is 3.95. The zero-order valence-corrected chi connectivity index (χ0v) is 13.4. The molecule has 1 N–H and O–H groups in total. The third-order valence-electron chi connectivity index (χ3n) is 4.50. The van der Waals surface area contributed by atoms with Crippen LogP contribution in [-0.4, -0.2) is 43.8 Å². The van der Waals surface area contributed by atoms with Gasteiger partial charge in [0.05, 0.1) is 12.7 Å². The number of para-hydroxylation sites is 1. The van der Waals surface area contributed by atoms with E-state index in [9.17, 15) is 9.50 Å². The summed E-state index contributed by atoms with van der Waals surface area (Å²) >= 11 is 0. The van der Waals surface area contributed by atoms with Crippen molar-refractivity contribution >= 4 is 16.6 Å². The summed E-state index contributed by atoms with van der Waals surface area (Å²) in [5.74, 6) is -0.325. The first kappa shape index (κ1) is 15.0. The maximum atomic E-state index is 14.1. The molecule has 0 saturated carbocycles. The average Bonchev–Trinajstić information content (AvgIpc) is 3.18. The van der Waals surface area contributed by atoms with Crippen molar-refractivity contribution < 1.29 is 9.50 Å². The van der Waals surface area contributed by atoms with E-state index >= 15 is 0 Å². The average molecular weight is 327 g/mol. The molecule has 24 heavy (non-hydrogen) atoms. The lowest BCUT2D eigenvalue weighted by atomic mass is 10.0. The second-order valence-corrected chi connectivity index (χ2v) is 6.42. The van der Waals surface area contributed by atoms with Crippen molar-refractivity contribution in [3.63, 3.8) is 0 Å². The molecule has 124 valence electrons. The van der Waals surface area contributed by atoms with Gasteiger partial charge in [0.15, 0.2) is 0 Å². The van der Waals surface area contributed by atoms with E-state index in [4.69, 9.17) is 0 Å². The van der Waals surface area contributed by atoms with Crippen LogP contribution in [0.1, 0.15) is 12.1 Å². The normalized spacial score (nSPS) is 20.9. The van der Waals surface area contributed by atoms with Crippen molar-refractivity contribution in [1.82, 2.24) is 20.0 Å². The molecule has 0 aliphatic carbocycles. The highest BCUT2D eigenvalue weighted by Gasteiger charge is 2.37. The van der Waals surface area contributed by atoms with E-state index in [2.05, 4.69) is 20.2 Å². The van der Waals surface area contributed by atoms with Crippen LogP contribution in [0.3, 0.4) is 0 Å². The number of β-amino-alcohol motifs (C(OH)–C–C–N with tert-alkyl or cyclic N) is 1. The maximum absolute atomic E-state index is 14.1. The standard InChI is InChI=1S/C17H18FN5O/c1-12-9-15(13-3-2-4-14(18)16(13)20-12)22-7-5-17(24,10-22)11-23-8-6-19-21-23/h2-4,6,8-9,24H,5,7,10-11H2,1H3. The minimum absolute atomic E-state index is 0.325. The first-order chi connectivity index (χ1) is 11.5. The Labute approximate surface area is 138 Å². The Bertz CT molecular complexity index is 882. The fraction of sp³-hybridized carbons (Fsp3) is 0.353. The zero-order valence-electron chi connectivity index (χ0n) is 13.4. The summed E-state index contributed by atoms with van der Waals surface area (Å²) in [5, 5.41) is 19.3. The molecule has 0 bridgehead atoms. The highest BCUT2D eigenvalue weighted by Crippen LogP contribution is 2.33. The Balaban J connectivity index is 1.68. The van der Waals surface area contributed by atoms with Crippen LogP contribution in [0.4, 0.5) is 10.1 Å². The number of hydrogen-bond donors (Lipinski definition) is 1. The highest BCUT2D eigenvalue weighted by atomic mass is 19.1. The molecule has 6 nitrogen and oxygen atoms in total. The molecule has 4 rings (SSSR count). The van der Waals surface area contributed by atoms with Crippen LogP contribution < -0.4 is 4.90 Å². The molecule has 1 saturated heterocycles. The number of pyridine rings is 1. The van der Waals surface area contributed by atoms with E-state index in [0.29, 0.717) is 31.6 Å². The molecule has 2 aromatic heterocycles. The summed E-state index contributed by atoms with van der Waals surface area (Å²) in [5.41, 5.74) is 1.16. The van der Waals surface area contributed by atoms with Crippen LogP contribution in [-0.2, 0) is 6.54 Å². The summed E-state index contributed by atoms with van der Waals surface area (Å²) in [6.45, 7) is 3.40. The van der Waals surface area contributed by atoms with Crippen molar-refractivity contribution in [1.29, 1.82) is 0 Å². The largest absolute Gasteiger partial charge is 0.386 e. The van der Waals surface area contributed by atoms with Crippen molar-refractivity contribution in [3.8, 4) is 0 Å². The summed E-state index contributed by atoms with van der Waals surface area (Å²) < 4.78 is 15.7. The number of hydrogen-bond acceptors (Lipinski definition) is 5. The topological polar surface area (TPSA) is 67.1 Å². The molecule has 0 amide bonds. The molecule has 3 heterocycles. The minimum atomic E-state index is -0.884. The summed E-state index contributed by atoms with van der Waals surface area (Å²) in [4.78, 5) is 6.41. The Morgan fingerprint density at radius 1 is 1.38 bits per heavy atom. The monoisotopic (exact) mass is 327 g/mol. The smallest absolute Gasteiger partial charge is 0.149 e. The number of benzene rings is 1. The van der Waals surface area contributed by atoms with Gasteiger partial charge in [-0.3, -0.25) is 0 Å². The third kappa shape index (κ3) is 2.60. The molecule has 1 atom stereocenters. The van der Waals surface area contributed by atoms with E-state index in [1.54, 1.807) is 23.1 Å². The van der Waals surface area contributed by atoms with E-state index < -0.39 is 5.60 Å². The van der Waals surface area contributed by atoms with Crippen LogP contribution in [0.25, 0.3) is 10.9 Å². The van der Waals surface area contributed by atoms with Crippen molar-refractivity contribution in [2.75, 3.05) is 18.0 Å².